The van der Waals surface area contributed by atoms with Crippen molar-refractivity contribution < 1.29 is 23.5 Å². The minimum absolute atomic E-state index is 0.257. The number of furan rings is 1. The van der Waals surface area contributed by atoms with E-state index >= 15 is 0 Å². The predicted molar refractivity (Wildman–Crippen MR) is 121 cm³/mol. The SMILES string of the molecule is CCOC(=O)c1ccc(NC(=O)C(=O)N/N=C\c2ccc(-c3ccc(Cl)c(Cl)c3)o2)cc1. The van der Waals surface area contributed by atoms with Crippen molar-refractivity contribution in [3.63, 3.8) is 0 Å². The number of carbonyl (C=O) groups excluding carboxylic acids is 3. The van der Waals surface area contributed by atoms with Gasteiger partial charge < -0.3 is 14.5 Å². The topological polar surface area (TPSA) is 110 Å². The molecule has 0 bridgehead atoms. The van der Waals surface area contributed by atoms with Crippen LogP contribution in [0.15, 0.2) is 64.1 Å². The Morgan fingerprint density at radius 1 is 1.00 bits per heavy atom. The van der Waals surface area contributed by atoms with Crippen molar-refractivity contribution in [2.75, 3.05) is 11.9 Å². The number of amides is 2. The molecule has 0 aliphatic rings. The van der Waals surface area contributed by atoms with Crippen LogP contribution in [-0.2, 0) is 14.3 Å². The van der Waals surface area contributed by atoms with Gasteiger partial charge in [-0.05, 0) is 61.5 Å². The van der Waals surface area contributed by atoms with E-state index < -0.39 is 17.8 Å². The van der Waals surface area contributed by atoms with Crippen LogP contribution in [0.3, 0.4) is 0 Å². The highest BCUT2D eigenvalue weighted by Gasteiger charge is 2.14. The first-order valence-corrected chi connectivity index (χ1v) is 10.1. The summed E-state index contributed by atoms with van der Waals surface area (Å²) in [6.45, 7) is 1.96. The molecule has 0 aliphatic heterocycles. The fraction of sp³-hybridized carbons (Fsp3) is 0.0909. The molecule has 0 radical (unpaired) electrons. The quantitative estimate of drug-likeness (QED) is 0.236. The summed E-state index contributed by atoms with van der Waals surface area (Å²) >= 11 is 11.9. The number of nitrogens with zero attached hydrogens (tertiary/aromatic N) is 1. The number of carbonyl (C=O) groups is 3. The van der Waals surface area contributed by atoms with Gasteiger partial charge in [-0.15, -0.1) is 0 Å². The van der Waals surface area contributed by atoms with E-state index in [2.05, 4.69) is 15.8 Å². The van der Waals surface area contributed by atoms with Crippen molar-refractivity contribution in [1.29, 1.82) is 0 Å². The van der Waals surface area contributed by atoms with Crippen molar-refractivity contribution in [2.24, 2.45) is 5.10 Å². The van der Waals surface area contributed by atoms with Gasteiger partial charge in [-0.1, -0.05) is 23.2 Å². The van der Waals surface area contributed by atoms with Crippen molar-refractivity contribution in [3.05, 3.63) is 76.0 Å². The van der Waals surface area contributed by atoms with Crippen molar-refractivity contribution in [1.82, 2.24) is 5.43 Å². The largest absolute Gasteiger partial charge is 0.462 e. The van der Waals surface area contributed by atoms with E-state index in [4.69, 9.17) is 32.4 Å². The molecule has 2 aromatic carbocycles. The lowest BCUT2D eigenvalue weighted by molar-refractivity contribution is -0.136. The molecule has 0 spiro atoms. The van der Waals surface area contributed by atoms with E-state index in [-0.39, 0.29) is 6.61 Å². The van der Waals surface area contributed by atoms with Gasteiger partial charge in [0.25, 0.3) is 0 Å². The van der Waals surface area contributed by atoms with Gasteiger partial charge in [0.15, 0.2) is 0 Å². The third-order valence-electron chi connectivity index (χ3n) is 4.05. The number of rotatable bonds is 6. The number of esters is 1. The third-order valence-corrected chi connectivity index (χ3v) is 4.79. The second-order valence-electron chi connectivity index (χ2n) is 6.28. The van der Waals surface area contributed by atoms with Gasteiger partial charge in [-0.2, -0.15) is 5.10 Å². The molecular weight excluding hydrogens is 457 g/mol. The second-order valence-corrected chi connectivity index (χ2v) is 7.10. The molecule has 1 heterocycles. The average molecular weight is 474 g/mol. The summed E-state index contributed by atoms with van der Waals surface area (Å²) in [6, 6.07) is 14.3. The van der Waals surface area contributed by atoms with Crippen LogP contribution in [0.4, 0.5) is 5.69 Å². The number of hydrazone groups is 1. The highest BCUT2D eigenvalue weighted by molar-refractivity contribution is 6.42. The van der Waals surface area contributed by atoms with E-state index in [0.29, 0.717) is 32.8 Å². The maximum absolute atomic E-state index is 12.0. The number of ether oxygens (including phenoxy) is 1. The highest BCUT2D eigenvalue weighted by atomic mass is 35.5. The minimum Gasteiger partial charge on any atom is -0.462 e. The number of hydrogen-bond donors (Lipinski definition) is 2. The average Bonchev–Trinajstić information content (AvgIpc) is 3.25. The Labute approximate surface area is 193 Å². The van der Waals surface area contributed by atoms with Gasteiger partial charge >= 0.3 is 17.8 Å². The molecule has 0 saturated heterocycles. The molecule has 0 aliphatic carbocycles. The van der Waals surface area contributed by atoms with Crippen LogP contribution in [0.1, 0.15) is 23.0 Å². The van der Waals surface area contributed by atoms with Crippen LogP contribution in [0, 0.1) is 0 Å². The summed E-state index contributed by atoms with van der Waals surface area (Å²) in [5, 5.41) is 6.94. The zero-order valence-corrected chi connectivity index (χ0v) is 18.2. The Kier molecular flexibility index (Phi) is 7.64. The lowest BCUT2D eigenvalue weighted by Crippen LogP contribution is -2.32. The van der Waals surface area contributed by atoms with Crippen molar-refractivity contribution >= 4 is 52.9 Å². The molecule has 2 amide bonds. The monoisotopic (exact) mass is 473 g/mol. The molecule has 32 heavy (non-hydrogen) atoms. The number of anilines is 1. The molecule has 164 valence electrons. The fourth-order valence-corrected chi connectivity index (χ4v) is 2.82. The molecule has 0 saturated carbocycles. The molecule has 0 fully saturated rings. The third kappa shape index (κ3) is 5.96. The van der Waals surface area contributed by atoms with Crippen LogP contribution in [0.25, 0.3) is 11.3 Å². The molecule has 3 aromatic rings. The van der Waals surface area contributed by atoms with E-state index in [0.717, 1.165) is 5.56 Å². The van der Waals surface area contributed by atoms with Crippen molar-refractivity contribution in [2.45, 2.75) is 6.92 Å². The van der Waals surface area contributed by atoms with Gasteiger partial charge in [-0.3, -0.25) is 9.59 Å². The van der Waals surface area contributed by atoms with Gasteiger partial charge in [0.05, 0.1) is 28.4 Å². The summed E-state index contributed by atoms with van der Waals surface area (Å²) in [4.78, 5) is 35.5. The van der Waals surface area contributed by atoms with Crippen molar-refractivity contribution in [3.8, 4) is 11.3 Å². The zero-order chi connectivity index (χ0) is 23.1. The number of hydrogen-bond acceptors (Lipinski definition) is 6. The summed E-state index contributed by atoms with van der Waals surface area (Å²) in [5.74, 6) is -1.51. The zero-order valence-electron chi connectivity index (χ0n) is 16.7. The van der Waals surface area contributed by atoms with Crippen LogP contribution >= 0.6 is 23.2 Å². The molecule has 0 atom stereocenters. The molecule has 8 nitrogen and oxygen atoms in total. The summed E-state index contributed by atoms with van der Waals surface area (Å²) in [6.07, 6.45) is 1.25. The first-order valence-electron chi connectivity index (χ1n) is 9.34. The fourth-order valence-electron chi connectivity index (χ4n) is 2.52. The van der Waals surface area contributed by atoms with Gasteiger partial charge in [0, 0.05) is 11.3 Å². The number of nitrogens with one attached hydrogen (secondary N) is 2. The molecule has 1 aromatic heterocycles. The Morgan fingerprint density at radius 2 is 1.75 bits per heavy atom. The van der Waals surface area contributed by atoms with E-state index in [1.807, 2.05) is 0 Å². The van der Waals surface area contributed by atoms with Gasteiger partial charge in [0.2, 0.25) is 0 Å². The number of benzene rings is 2. The molecule has 2 N–H and O–H groups in total. The second kappa shape index (κ2) is 10.6. The molecule has 10 heteroatoms. The Hall–Kier alpha value is -3.62. The minimum atomic E-state index is -0.980. The first-order chi connectivity index (χ1) is 15.4. The van der Waals surface area contributed by atoms with E-state index in [1.54, 1.807) is 37.3 Å². The summed E-state index contributed by atoms with van der Waals surface area (Å²) < 4.78 is 10.5. The Bertz CT molecular complexity index is 1170. The standard InChI is InChI=1S/C22H17Cl2N3O5/c1-2-31-22(30)13-3-6-15(7-4-13)26-20(28)21(29)27-25-12-16-8-10-19(32-16)14-5-9-17(23)18(24)11-14/h3-12H,2H2,1H3,(H,26,28)(H,27,29)/b25-12-. The molecule has 3 rings (SSSR count). The molecular formula is C22H17Cl2N3O5. The maximum Gasteiger partial charge on any atom is 0.338 e. The van der Waals surface area contributed by atoms with Crippen LogP contribution in [0.5, 0.6) is 0 Å². The normalized spacial score (nSPS) is 10.7. The van der Waals surface area contributed by atoms with Crippen LogP contribution in [-0.4, -0.2) is 30.6 Å². The van der Waals surface area contributed by atoms with Gasteiger partial charge in [0.1, 0.15) is 11.5 Å². The Balaban J connectivity index is 1.54. The first kappa shape index (κ1) is 23.1. The lowest BCUT2D eigenvalue weighted by atomic mass is 10.2. The summed E-state index contributed by atoms with van der Waals surface area (Å²) in [7, 11) is 0. The Morgan fingerprint density at radius 3 is 2.44 bits per heavy atom. The number of halogens is 2. The smallest absolute Gasteiger partial charge is 0.338 e. The summed E-state index contributed by atoms with van der Waals surface area (Å²) in [5.41, 5.74) is 3.49. The molecule has 0 unspecified atom stereocenters. The van der Waals surface area contributed by atoms with E-state index in [9.17, 15) is 14.4 Å². The maximum atomic E-state index is 12.0. The van der Waals surface area contributed by atoms with Gasteiger partial charge in [-0.25, -0.2) is 10.2 Å². The van der Waals surface area contributed by atoms with Crippen LogP contribution < -0.4 is 10.7 Å². The van der Waals surface area contributed by atoms with E-state index in [1.165, 1.54) is 30.5 Å². The van der Waals surface area contributed by atoms with Crippen LogP contribution in [0.2, 0.25) is 10.0 Å². The highest BCUT2D eigenvalue weighted by Crippen LogP contribution is 2.29. The predicted octanol–water partition coefficient (Wildman–Crippen LogP) is 4.52. The lowest BCUT2D eigenvalue weighted by Gasteiger charge is -2.05.